The molecule has 0 saturated carbocycles. The van der Waals surface area contributed by atoms with Crippen LogP contribution in [0.2, 0.25) is 0 Å². The van der Waals surface area contributed by atoms with Crippen LogP contribution in [0.15, 0.2) is 41.0 Å². The van der Waals surface area contributed by atoms with Crippen LogP contribution in [-0.4, -0.2) is 30.8 Å². The normalized spacial score (nSPS) is 18.5. The summed E-state index contributed by atoms with van der Waals surface area (Å²) in [5.74, 6) is 0.205. The van der Waals surface area contributed by atoms with Gasteiger partial charge in [0.2, 0.25) is 17.7 Å². The van der Waals surface area contributed by atoms with Crippen molar-refractivity contribution in [1.82, 2.24) is 5.32 Å². The number of hydrogen-bond donors (Lipinski definition) is 1. The van der Waals surface area contributed by atoms with E-state index in [-0.39, 0.29) is 30.1 Å². The van der Waals surface area contributed by atoms with Gasteiger partial charge in [0, 0.05) is 37.3 Å². The van der Waals surface area contributed by atoms with E-state index in [1.165, 1.54) is 0 Å². The van der Waals surface area contributed by atoms with Crippen molar-refractivity contribution in [2.45, 2.75) is 32.7 Å². The van der Waals surface area contributed by atoms with Gasteiger partial charge in [-0.3, -0.25) is 14.4 Å². The van der Waals surface area contributed by atoms with E-state index in [1.54, 1.807) is 28.2 Å². The molecule has 2 aromatic rings. The van der Waals surface area contributed by atoms with Crippen LogP contribution in [-0.2, 0) is 27.3 Å². The molecule has 0 spiro atoms. The first-order valence-corrected chi connectivity index (χ1v) is 9.60. The van der Waals surface area contributed by atoms with Crippen molar-refractivity contribution >= 4 is 29.1 Å². The van der Waals surface area contributed by atoms with Gasteiger partial charge < -0.3 is 19.5 Å². The summed E-state index contributed by atoms with van der Waals surface area (Å²) in [6.45, 7) is 3.21. The highest BCUT2D eigenvalue weighted by Crippen LogP contribution is 2.34. The van der Waals surface area contributed by atoms with Gasteiger partial charge in [0.25, 0.3) is 0 Å². The lowest BCUT2D eigenvalue weighted by atomic mass is 10.1. The quantitative estimate of drug-likeness (QED) is 0.861. The van der Waals surface area contributed by atoms with Gasteiger partial charge >= 0.3 is 0 Å². The summed E-state index contributed by atoms with van der Waals surface area (Å²) >= 11 is 0. The van der Waals surface area contributed by atoms with E-state index in [1.807, 2.05) is 25.1 Å². The molecule has 3 heterocycles. The Morgan fingerprint density at radius 3 is 2.89 bits per heavy atom. The van der Waals surface area contributed by atoms with Gasteiger partial charge in [0.15, 0.2) is 0 Å². The maximum atomic E-state index is 12.5. The van der Waals surface area contributed by atoms with Gasteiger partial charge in [-0.15, -0.1) is 0 Å². The molecular weight excluding hydrogens is 358 g/mol. The summed E-state index contributed by atoms with van der Waals surface area (Å²) in [4.78, 5) is 40.4. The summed E-state index contributed by atoms with van der Waals surface area (Å²) in [6, 6.07) is 9.30. The standard InChI is InChI=1S/C21H23N3O4/c1-2-19(25)23-8-7-14-10-16(5-6-18(14)23)24-13-15(11-20(24)26)21(27)22-12-17-4-3-9-28-17/h3-6,9-10,15H,2,7-8,11-13H2,1H3,(H,22,27)/t15-/m1/s1. The molecule has 1 aromatic carbocycles. The van der Waals surface area contributed by atoms with Crippen molar-refractivity contribution in [3.63, 3.8) is 0 Å². The average molecular weight is 381 g/mol. The molecule has 1 fully saturated rings. The summed E-state index contributed by atoms with van der Waals surface area (Å²) in [7, 11) is 0. The third-order valence-electron chi connectivity index (χ3n) is 5.39. The second-order valence-electron chi connectivity index (χ2n) is 7.16. The summed E-state index contributed by atoms with van der Waals surface area (Å²) < 4.78 is 5.21. The predicted molar refractivity (Wildman–Crippen MR) is 104 cm³/mol. The number of rotatable bonds is 5. The van der Waals surface area contributed by atoms with Gasteiger partial charge in [0.05, 0.1) is 18.7 Å². The molecule has 146 valence electrons. The van der Waals surface area contributed by atoms with E-state index in [9.17, 15) is 14.4 Å². The van der Waals surface area contributed by atoms with Crippen molar-refractivity contribution in [3.8, 4) is 0 Å². The molecular formula is C21H23N3O4. The Hall–Kier alpha value is -3.09. The first-order chi connectivity index (χ1) is 13.6. The zero-order chi connectivity index (χ0) is 19.7. The van der Waals surface area contributed by atoms with Gasteiger partial charge in [-0.1, -0.05) is 6.92 Å². The highest BCUT2D eigenvalue weighted by atomic mass is 16.3. The molecule has 28 heavy (non-hydrogen) atoms. The number of hydrogen-bond acceptors (Lipinski definition) is 4. The van der Waals surface area contributed by atoms with Crippen LogP contribution in [0, 0.1) is 5.92 Å². The smallest absolute Gasteiger partial charge is 0.227 e. The van der Waals surface area contributed by atoms with Crippen LogP contribution in [0.5, 0.6) is 0 Å². The fourth-order valence-electron chi connectivity index (χ4n) is 3.87. The van der Waals surface area contributed by atoms with Crippen LogP contribution in [0.3, 0.4) is 0 Å². The summed E-state index contributed by atoms with van der Waals surface area (Å²) in [5.41, 5.74) is 2.78. The molecule has 0 unspecified atom stereocenters. The number of carbonyl (C=O) groups is 3. The Labute approximate surface area is 163 Å². The van der Waals surface area contributed by atoms with Crippen LogP contribution >= 0.6 is 0 Å². The van der Waals surface area contributed by atoms with Gasteiger partial charge in [0.1, 0.15) is 5.76 Å². The fraction of sp³-hybridized carbons (Fsp3) is 0.381. The van der Waals surface area contributed by atoms with E-state index >= 15 is 0 Å². The maximum absolute atomic E-state index is 12.5. The Morgan fingerprint density at radius 2 is 2.14 bits per heavy atom. The first kappa shape index (κ1) is 18.3. The molecule has 2 aliphatic heterocycles. The van der Waals surface area contributed by atoms with Crippen LogP contribution in [0.1, 0.15) is 31.1 Å². The molecule has 0 radical (unpaired) electrons. The Balaban J connectivity index is 1.43. The Kier molecular flexibility index (Phi) is 4.90. The van der Waals surface area contributed by atoms with E-state index < -0.39 is 0 Å². The van der Waals surface area contributed by atoms with Crippen molar-refractivity contribution < 1.29 is 18.8 Å². The second kappa shape index (κ2) is 7.50. The van der Waals surface area contributed by atoms with Crippen molar-refractivity contribution in [3.05, 3.63) is 47.9 Å². The van der Waals surface area contributed by atoms with Crippen LogP contribution in [0.25, 0.3) is 0 Å². The van der Waals surface area contributed by atoms with Crippen molar-refractivity contribution in [1.29, 1.82) is 0 Å². The molecule has 1 saturated heterocycles. The molecule has 7 nitrogen and oxygen atoms in total. The van der Waals surface area contributed by atoms with E-state index in [0.717, 1.165) is 23.4 Å². The molecule has 1 atom stereocenters. The van der Waals surface area contributed by atoms with Crippen molar-refractivity contribution in [2.24, 2.45) is 5.92 Å². The topological polar surface area (TPSA) is 82.9 Å². The lowest BCUT2D eigenvalue weighted by molar-refractivity contribution is -0.126. The maximum Gasteiger partial charge on any atom is 0.227 e. The third kappa shape index (κ3) is 3.40. The number of nitrogens with one attached hydrogen (secondary N) is 1. The van der Waals surface area contributed by atoms with Gasteiger partial charge in [-0.2, -0.15) is 0 Å². The van der Waals surface area contributed by atoms with E-state index in [2.05, 4.69) is 5.32 Å². The van der Waals surface area contributed by atoms with Gasteiger partial charge in [-0.05, 0) is 42.3 Å². The van der Waals surface area contributed by atoms with Gasteiger partial charge in [-0.25, -0.2) is 0 Å². The molecule has 7 heteroatoms. The highest BCUT2D eigenvalue weighted by Gasteiger charge is 2.35. The molecule has 4 rings (SSSR count). The molecule has 1 N–H and O–H groups in total. The number of nitrogens with zero attached hydrogens (tertiary/aromatic N) is 2. The second-order valence-corrected chi connectivity index (χ2v) is 7.16. The van der Waals surface area contributed by atoms with E-state index in [0.29, 0.717) is 31.8 Å². The van der Waals surface area contributed by atoms with Crippen molar-refractivity contribution in [2.75, 3.05) is 22.9 Å². The molecule has 0 bridgehead atoms. The zero-order valence-corrected chi connectivity index (χ0v) is 15.8. The van der Waals surface area contributed by atoms with Crippen LogP contribution < -0.4 is 15.1 Å². The monoisotopic (exact) mass is 381 g/mol. The summed E-state index contributed by atoms with van der Waals surface area (Å²) in [5, 5.41) is 2.83. The Morgan fingerprint density at radius 1 is 1.29 bits per heavy atom. The number of fused-ring (bicyclic) bond motifs is 1. The number of carbonyl (C=O) groups excluding carboxylic acids is 3. The highest BCUT2D eigenvalue weighted by molar-refractivity contribution is 6.01. The minimum absolute atomic E-state index is 0.0578. The number of amides is 3. The van der Waals surface area contributed by atoms with Crippen LogP contribution in [0.4, 0.5) is 11.4 Å². The largest absolute Gasteiger partial charge is 0.467 e. The first-order valence-electron chi connectivity index (χ1n) is 9.60. The number of furan rings is 1. The number of anilines is 2. The number of benzene rings is 1. The third-order valence-corrected chi connectivity index (χ3v) is 5.39. The molecule has 1 aromatic heterocycles. The lowest BCUT2D eigenvalue weighted by Gasteiger charge is -2.20. The summed E-state index contributed by atoms with van der Waals surface area (Å²) in [6.07, 6.45) is 3.01. The lowest BCUT2D eigenvalue weighted by Crippen LogP contribution is -2.32. The fourth-order valence-corrected chi connectivity index (χ4v) is 3.87. The Bertz CT molecular complexity index is 906. The van der Waals surface area contributed by atoms with E-state index in [4.69, 9.17) is 4.42 Å². The molecule has 0 aliphatic carbocycles. The zero-order valence-electron chi connectivity index (χ0n) is 15.8. The predicted octanol–water partition coefficient (Wildman–Crippen LogP) is 2.25. The minimum atomic E-state index is -0.381. The SMILES string of the molecule is CCC(=O)N1CCc2cc(N3C[C@H](C(=O)NCc4ccco4)CC3=O)ccc21. The molecule has 3 amide bonds. The average Bonchev–Trinajstić information content (AvgIpc) is 3.44. The minimum Gasteiger partial charge on any atom is -0.467 e. The molecule has 2 aliphatic rings.